The molecule has 3 aromatic rings. The molecular weight excluding hydrogens is 366 g/mol. The van der Waals surface area contributed by atoms with E-state index in [1.165, 1.54) is 11.3 Å². The Hall–Kier alpha value is -3.13. The van der Waals surface area contributed by atoms with E-state index in [1.54, 1.807) is 31.2 Å². The third-order valence-electron chi connectivity index (χ3n) is 4.12. The molecule has 0 bridgehead atoms. The normalized spacial score (nSPS) is 11.7. The van der Waals surface area contributed by atoms with E-state index in [4.69, 9.17) is 20.6 Å². The molecule has 3 rings (SSSR count). The second-order valence-electron chi connectivity index (χ2n) is 5.88. The molecule has 0 atom stereocenters. The molecule has 7 nitrogen and oxygen atoms in total. The average Bonchev–Trinajstić information content (AvgIpc) is 2.89. The maximum Gasteiger partial charge on any atom is 0.254 e. The third-order valence-corrected chi connectivity index (χ3v) is 5.22. The van der Waals surface area contributed by atoms with Crippen molar-refractivity contribution in [2.24, 2.45) is 16.5 Å². The topological polar surface area (TPSA) is 121 Å². The largest absolute Gasteiger partial charge is 0.490 e. The smallest absolute Gasteiger partial charge is 0.254 e. The van der Waals surface area contributed by atoms with E-state index in [0.717, 1.165) is 10.4 Å². The van der Waals surface area contributed by atoms with Gasteiger partial charge in [0.05, 0.1) is 12.2 Å². The third kappa shape index (κ3) is 3.43. The number of nitrogens with two attached hydrogens (primary N) is 2. The van der Waals surface area contributed by atoms with Crippen molar-refractivity contribution in [3.8, 4) is 5.75 Å². The van der Waals surface area contributed by atoms with Crippen LogP contribution in [0.2, 0.25) is 0 Å². The van der Waals surface area contributed by atoms with E-state index in [0.29, 0.717) is 33.9 Å². The van der Waals surface area contributed by atoms with E-state index >= 15 is 0 Å². The van der Waals surface area contributed by atoms with Crippen molar-refractivity contribution in [2.45, 2.75) is 20.8 Å². The highest BCUT2D eigenvalue weighted by atomic mass is 32.1. The molecule has 2 amide bonds. The summed E-state index contributed by atoms with van der Waals surface area (Å²) in [6.45, 7) is 5.97. The van der Waals surface area contributed by atoms with Crippen molar-refractivity contribution < 1.29 is 18.7 Å². The average molecular weight is 385 g/mol. The lowest BCUT2D eigenvalue weighted by Gasteiger charge is -2.07. The summed E-state index contributed by atoms with van der Waals surface area (Å²) in [7, 11) is 0. The first-order valence-corrected chi connectivity index (χ1v) is 9.09. The Bertz CT molecular complexity index is 1130. The van der Waals surface area contributed by atoms with E-state index in [2.05, 4.69) is 4.99 Å². The van der Waals surface area contributed by atoms with Crippen LogP contribution in [0.4, 0.5) is 5.00 Å². The van der Waals surface area contributed by atoms with Gasteiger partial charge in [-0.05, 0) is 38.5 Å². The van der Waals surface area contributed by atoms with Crippen LogP contribution >= 0.6 is 11.3 Å². The van der Waals surface area contributed by atoms with Gasteiger partial charge in [-0.2, -0.15) is 0 Å². The standard InChI is InChI=1S/C19H19N3O4S/c1-4-25-13-7-5-6-11-8-12(16(20)23)18(26-15(11)13)22-19-14(17(21)24)9(2)10(3)27-19/h5-8H,4H2,1-3H3,(H2,20,23)(H2,21,24)/b22-18-. The first-order valence-electron chi connectivity index (χ1n) is 8.27. The maximum atomic E-state index is 11.9. The summed E-state index contributed by atoms with van der Waals surface area (Å²) in [5, 5.41) is 1.03. The lowest BCUT2D eigenvalue weighted by atomic mass is 10.1. The number of amides is 2. The molecule has 0 saturated carbocycles. The number of hydrogen-bond acceptors (Lipinski definition) is 6. The molecular formula is C19H19N3O4S. The highest BCUT2D eigenvalue weighted by Crippen LogP contribution is 2.34. The molecule has 4 N–H and O–H groups in total. The van der Waals surface area contributed by atoms with Gasteiger partial charge in [0.2, 0.25) is 5.55 Å². The number of benzene rings is 1. The second kappa shape index (κ2) is 7.24. The fourth-order valence-electron chi connectivity index (χ4n) is 2.72. The summed E-state index contributed by atoms with van der Waals surface area (Å²) in [6, 6.07) is 6.94. The monoisotopic (exact) mass is 385 g/mol. The number of rotatable bonds is 5. The van der Waals surface area contributed by atoms with Crippen LogP contribution in [0.5, 0.6) is 5.75 Å². The number of primary amides is 2. The summed E-state index contributed by atoms with van der Waals surface area (Å²) < 4.78 is 11.5. The van der Waals surface area contributed by atoms with Crippen LogP contribution in [0, 0.1) is 13.8 Å². The molecule has 0 aliphatic carbocycles. The number of thiophene rings is 1. The molecule has 0 radical (unpaired) electrons. The van der Waals surface area contributed by atoms with Crippen molar-refractivity contribution in [3.63, 3.8) is 0 Å². The van der Waals surface area contributed by atoms with Gasteiger partial charge in [-0.15, -0.1) is 11.3 Å². The van der Waals surface area contributed by atoms with E-state index in [9.17, 15) is 9.59 Å². The van der Waals surface area contributed by atoms with Gasteiger partial charge in [0.15, 0.2) is 11.3 Å². The zero-order valence-electron chi connectivity index (χ0n) is 15.2. The van der Waals surface area contributed by atoms with Crippen LogP contribution in [-0.4, -0.2) is 18.4 Å². The molecule has 140 valence electrons. The van der Waals surface area contributed by atoms with Crippen LogP contribution in [0.3, 0.4) is 0 Å². The number of fused-ring (bicyclic) bond motifs is 1. The Labute approximate surface area is 159 Å². The van der Waals surface area contributed by atoms with Gasteiger partial charge < -0.3 is 20.6 Å². The predicted octanol–water partition coefficient (Wildman–Crippen LogP) is 2.94. The highest BCUT2D eigenvalue weighted by Gasteiger charge is 2.18. The van der Waals surface area contributed by atoms with E-state index in [-0.39, 0.29) is 11.1 Å². The predicted molar refractivity (Wildman–Crippen MR) is 103 cm³/mol. The Kier molecular flexibility index (Phi) is 5.00. The lowest BCUT2D eigenvalue weighted by Crippen LogP contribution is -2.22. The number of carbonyl (C=O) groups is 2. The number of ether oxygens (including phenoxy) is 1. The van der Waals surface area contributed by atoms with Gasteiger partial charge in [0, 0.05) is 10.3 Å². The van der Waals surface area contributed by atoms with Crippen LogP contribution in [-0.2, 0) is 0 Å². The molecule has 0 spiro atoms. The number of aryl methyl sites for hydroxylation is 1. The fraction of sp³-hybridized carbons (Fsp3) is 0.211. The summed E-state index contributed by atoms with van der Waals surface area (Å²) in [5.74, 6) is -0.755. The van der Waals surface area contributed by atoms with Crippen LogP contribution in [0.15, 0.2) is 33.7 Å². The van der Waals surface area contributed by atoms with Gasteiger partial charge in [-0.1, -0.05) is 12.1 Å². The Balaban J connectivity index is 2.36. The van der Waals surface area contributed by atoms with Gasteiger partial charge in [-0.25, -0.2) is 4.99 Å². The molecule has 0 aliphatic heterocycles. The summed E-state index contributed by atoms with van der Waals surface area (Å²) in [4.78, 5) is 29.1. The Morgan fingerprint density at radius 3 is 2.59 bits per heavy atom. The van der Waals surface area contributed by atoms with E-state index in [1.807, 2.05) is 13.8 Å². The van der Waals surface area contributed by atoms with Gasteiger partial charge in [-0.3, -0.25) is 9.59 Å². The van der Waals surface area contributed by atoms with E-state index < -0.39 is 11.8 Å². The quantitative estimate of drug-likeness (QED) is 0.701. The highest BCUT2D eigenvalue weighted by molar-refractivity contribution is 7.16. The van der Waals surface area contributed by atoms with Crippen LogP contribution in [0.25, 0.3) is 11.0 Å². The zero-order valence-corrected chi connectivity index (χ0v) is 16.0. The summed E-state index contributed by atoms with van der Waals surface area (Å²) >= 11 is 1.29. The number of para-hydroxylation sites is 1. The number of nitrogens with zero attached hydrogens (tertiary/aromatic N) is 1. The summed E-state index contributed by atoms with van der Waals surface area (Å²) in [6.07, 6.45) is 0. The minimum Gasteiger partial charge on any atom is -0.490 e. The molecule has 0 unspecified atom stereocenters. The van der Waals surface area contributed by atoms with Crippen LogP contribution in [0.1, 0.15) is 38.1 Å². The molecule has 0 aliphatic rings. The molecule has 27 heavy (non-hydrogen) atoms. The number of carbonyl (C=O) groups excluding carboxylic acids is 2. The molecule has 2 aromatic heterocycles. The zero-order chi connectivity index (χ0) is 19.7. The molecule has 0 saturated heterocycles. The summed E-state index contributed by atoms with van der Waals surface area (Å²) in [5.41, 5.74) is 12.6. The van der Waals surface area contributed by atoms with Gasteiger partial charge >= 0.3 is 0 Å². The lowest BCUT2D eigenvalue weighted by molar-refractivity contribution is 0.0990. The Morgan fingerprint density at radius 2 is 1.96 bits per heavy atom. The van der Waals surface area contributed by atoms with Gasteiger partial charge in [0.25, 0.3) is 11.8 Å². The van der Waals surface area contributed by atoms with Crippen molar-refractivity contribution in [1.29, 1.82) is 0 Å². The molecule has 1 aromatic carbocycles. The Morgan fingerprint density at radius 1 is 1.22 bits per heavy atom. The van der Waals surface area contributed by atoms with Gasteiger partial charge in [0.1, 0.15) is 10.6 Å². The number of hydrogen-bond donors (Lipinski definition) is 2. The molecule has 2 heterocycles. The van der Waals surface area contributed by atoms with Crippen molar-refractivity contribution in [3.05, 3.63) is 51.4 Å². The minimum absolute atomic E-state index is 0.00547. The van der Waals surface area contributed by atoms with Crippen LogP contribution < -0.4 is 21.8 Å². The first kappa shape index (κ1) is 18.7. The second-order valence-corrected chi connectivity index (χ2v) is 7.08. The first-order chi connectivity index (χ1) is 12.8. The maximum absolute atomic E-state index is 11.9. The molecule has 8 heteroatoms. The van der Waals surface area contributed by atoms with Crippen molar-refractivity contribution in [1.82, 2.24) is 0 Å². The molecule has 0 fully saturated rings. The SMILES string of the molecule is CCOc1cccc2cc(C(N)=O)/c(=N/c3sc(C)c(C)c3C(N)=O)oc12. The van der Waals surface area contributed by atoms with Crippen molar-refractivity contribution >= 4 is 39.1 Å². The van der Waals surface area contributed by atoms with Crippen molar-refractivity contribution in [2.75, 3.05) is 6.61 Å². The minimum atomic E-state index is -0.688. The fourth-order valence-corrected chi connectivity index (χ4v) is 3.75.